The lowest BCUT2D eigenvalue weighted by Gasteiger charge is -2.45. The molecule has 0 aromatic heterocycles. The molecule has 1 amide bonds. The zero-order valence-electron chi connectivity index (χ0n) is 13.8. The highest BCUT2D eigenvalue weighted by Crippen LogP contribution is 2.36. The molecule has 1 heterocycles. The number of likely N-dealkylation sites (tertiary alicyclic amines) is 1. The Kier molecular flexibility index (Phi) is 4.31. The zero-order valence-corrected chi connectivity index (χ0v) is 13.8. The van der Waals surface area contributed by atoms with Crippen LogP contribution in [0.3, 0.4) is 0 Å². The van der Waals surface area contributed by atoms with Gasteiger partial charge >= 0.3 is 6.09 Å². The number of ether oxygens (including phenoxy) is 1. The van der Waals surface area contributed by atoms with E-state index in [0.717, 1.165) is 19.4 Å². The van der Waals surface area contributed by atoms with Crippen LogP contribution in [-0.4, -0.2) is 28.7 Å². The number of carbonyl (C=O) groups is 1. The molecule has 1 unspecified atom stereocenters. The Balaban J connectivity index is 2.15. The van der Waals surface area contributed by atoms with Crippen molar-refractivity contribution in [1.29, 1.82) is 0 Å². The molecule has 1 aliphatic rings. The third kappa shape index (κ3) is 3.99. The largest absolute Gasteiger partial charge is 0.444 e. The van der Waals surface area contributed by atoms with Crippen LogP contribution < -0.4 is 0 Å². The Morgan fingerprint density at radius 1 is 1.24 bits per heavy atom. The van der Waals surface area contributed by atoms with E-state index in [1.54, 1.807) is 0 Å². The second-order valence-corrected chi connectivity index (χ2v) is 7.55. The van der Waals surface area contributed by atoms with Crippen molar-refractivity contribution in [2.45, 2.75) is 64.5 Å². The van der Waals surface area contributed by atoms with Crippen LogP contribution in [0, 0.1) is 0 Å². The maximum atomic E-state index is 12.5. The summed E-state index contributed by atoms with van der Waals surface area (Å²) < 4.78 is 5.58. The number of benzene rings is 1. The van der Waals surface area contributed by atoms with Crippen LogP contribution in [0.4, 0.5) is 4.79 Å². The highest BCUT2D eigenvalue weighted by molar-refractivity contribution is 5.69. The summed E-state index contributed by atoms with van der Waals surface area (Å²) in [7, 11) is 0. The Morgan fingerprint density at radius 2 is 1.86 bits per heavy atom. The van der Waals surface area contributed by atoms with Gasteiger partial charge in [0.15, 0.2) is 0 Å². The van der Waals surface area contributed by atoms with Gasteiger partial charge in [-0.25, -0.2) is 4.79 Å². The molecule has 1 fully saturated rings. The molecule has 1 aliphatic heterocycles. The lowest BCUT2D eigenvalue weighted by Crippen LogP contribution is -2.54. The molecule has 1 aromatic carbocycles. The summed E-state index contributed by atoms with van der Waals surface area (Å²) in [5.74, 6) is 0.395. The van der Waals surface area contributed by atoms with Crippen molar-refractivity contribution in [1.82, 2.24) is 4.90 Å². The number of carbonyl (C=O) groups excluding carboxylic acids is 1. The summed E-state index contributed by atoms with van der Waals surface area (Å²) in [5.41, 5.74) is 0.710. The summed E-state index contributed by atoms with van der Waals surface area (Å²) in [4.78, 5) is 14.4. The monoisotopic (exact) mass is 289 g/mol. The molecule has 1 saturated heterocycles. The van der Waals surface area contributed by atoms with E-state index < -0.39 is 5.60 Å². The molecule has 1 atom stereocenters. The Morgan fingerprint density at radius 3 is 2.43 bits per heavy atom. The number of nitrogens with zero attached hydrogens (tertiary/aromatic N) is 1. The summed E-state index contributed by atoms with van der Waals surface area (Å²) >= 11 is 0. The van der Waals surface area contributed by atoms with Crippen LogP contribution in [0.5, 0.6) is 0 Å². The van der Waals surface area contributed by atoms with Gasteiger partial charge in [0, 0.05) is 18.0 Å². The van der Waals surface area contributed by atoms with Crippen molar-refractivity contribution >= 4 is 6.09 Å². The first-order valence-electron chi connectivity index (χ1n) is 7.75. The molecule has 2 rings (SSSR count). The van der Waals surface area contributed by atoms with Gasteiger partial charge in [0.05, 0.1) is 0 Å². The van der Waals surface area contributed by atoms with E-state index in [-0.39, 0.29) is 11.6 Å². The molecular formula is C18H27NO2. The molecule has 1 aromatic rings. The van der Waals surface area contributed by atoms with Crippen molar-refractivity contribution < 1.29 is 9.53 Å². The summed E-state index contributed by atoms with van der Waals surface area (Å²) in [6.07, 6.45) is 1.90. The van der Waals surface area contributed by atoms with Crippen molar-refractivity contribution in [3.63, 3.8) is 0 Å². The Bertz CT molecular complexity index is 488. The molecular weight excluding hydrogens is 262 g/mol. The van der Waals surface area contributed by atoms with E-state index in [1.807, 2.05) is 31.7 Å². The average Bonchev–Trinajstić information content (AvgIpc) is 2.37. The standard InChI is InChI=1S/C18H27NO2/c1-17(2,3)21-16(20)19-13-15(11-12-18(19,4)5)14-9-7-6-8-10-14/h6-10,15H,11-13H2,1-5H3. The molecule has 0 spiro atoms. The quantitative estimate of drug-likeness (QED) is 0.757. The topological polar surface area (TPSA) is 29.5 Å². The highest BCUT2D eigenvalue weighted by Gasteiger charge is 2.39. The van der Waals surface area contributed by atoms with Crippen LogP contribution >= 0.6 is 0 Å². The van der Waals surface area contributed by atoms with Crippen LogP contribution in [0.15, 0.2) is 30.3 Å². The normalized spacial score (nSPS) is 22.0. The molecule has 0 radical (unpaired) electrons. The number of amides is 1. The van der Waals surface area contributed by atoms with Gasteiger partial charge in [0.2, 0.25) is 0 Å². The minimum atomic E-state index is -0.452. The van der Waals surface area contributed by atoms with Crippen molar-refractivity contribution in [3.05, 3.63) is 35.9 Å². The van der Waals surface area contributed by atoms with Gasteiger partial charge in [0.25, 0.3) is 0 Å². The molecule has 116 valence electrons. The Hall–Kier alpha value is -1.51. The molecule has 0 bridgehead atoms. The Labute approximate surface area is 128 Å². The van der Waals surface area contributed by atoms with Gasteiger partial charge in [-0.3, -0.25) is 0 Å². The molecule has 0 aliphatic carbocycles. The lowest BCUT2D eigenvalue weighted by molar-refractivity contribution is -0.00983. The molecule has 0 N–H and O–H groups in total. The van der Waals surface area contributed by atoms with E-state index in [0.29, 0.717) is 5.92 Å². The van der Waals surface area contributed by atoms with Gasteiger partial charge in [-0.15, -0.1) is 0 Å². The van der Waals surface area contributed by atoms with Gasteiger partial charge in [-0.1, -0.05) is 30.3 Å². The predicted octanol–water partition coefficient (Wildman–Crippen LogP) is 4.58. The fourth-order valence-corrected chi connectivity index (χ4v) is 2.86. The maximum absolute atomic E-state index is 12.5. The van der Waals surface area contributed by atoms with E-state index >= 15 is 0 Å². The first kappa shape index (κ1) is 15.9. The molecule has 21 heavy (non-hydrogen) atoms. The van der Waals surface area contributed by atoms with Gasteiger partial charge in [-0.2, -0.15) is 0 Å². The van der Waals surface area contributed by atoms with Crippen LogP contribution in [0.2, 0.25) is 0 Å². The highest BCUT2D eigenvalue weighted by atomic mass is 16.6. The van der Waals surface area contributed by atoms with Gasteiger partial charge < -0.3 is 9.64 Å². The van der Waals surface area contributed by atoms with E-state index in [2.05, 4.69) is 38.1 Å². The van der Waals surface area contributed by atoms with E-state index in [9.17, 15) is 4.79 Å². The van der Waals surface area contributed by atoms with Crippen LogP contribution in [0.25, 0.3) is 0 Å². The molecule has 3 nitrogen and oxygen atoms in total. The van der Waals surface area contributed by atoms with Crippen molar-refractivity contribution in [2.75, 3.05) is 6.54 Å². The number of rotatable bonds is 1. The van der Waals surface area contributed by atoms with E-state index in [4.69, 9.17) is 4.74 Å². The summed E-state index contributed by atoms with van der Waals surface area (Å²) in [6, 6.07) is 10.5. The fourth-order valence-electron chi connectivity index (χ4n) is 2.86. The second-order valence-electron chi connectivity index (χ2n) is 7.55. The van der Waals surface area contributed by atoms with Crippen molar-refractivity contribution in [2.24, 2.45) is 0 Å². The minimum Gasteiger partial charge on any atom is -0.444 e. The predicted molar refractivity (Wildman–Crippen MR) is 85.4 cm³/mol. The van der Waals surface area contributed by atoms with E-state index in [1.165, 1.54) is 5.56 Å². The third-order valence-electron chi connectivity index (χ3n) is 4.12. The van der Waals surface area contributed by atoms with Gasteiger partial charge in [-0.05, 0) is 53.0 Å². The smallest absolute Gasteiger partial charge is 0.410 e. The molecule has 0 saturated carbocycles. The fraction of sp³-hybridized carbons (Fsp3) is 0.611. The average molecular weight is 289 g/mol. The number of hydrogen-bond donors (Lipinski definition) is 0. The number of piperidine rings is 1. The number of hydrogen-bond acceptors (Lipinski definition) is 2. The molecule has 3 heteroatoms. The summed E-state index contributed by atoms with van der Waals surface area (Å²) in [5, 5.41) is 0. The third-order valence-corrected chi connectivity index (χ3v) is 4.12. The second kappa shape index (κ2) is 5.70. The first-order chi connectivity index (χ1) is 9.69. The lowest BCUT2D eigenvalue weighted by atomic mass is 9.82. The van der Waals surface area contributed by atoms with Crippen LogP contribution in [-0.2, 0) is 4.74 Å². The van der Waals surface area contributed by atoms with Gasteiger partial charge in [0.1, 0.15) is 5.60 Å². The first-order valence-corrected chi connectivity index (χ1v) is 7.75. The zero-order chi connectivity index (χ0) is 15.7. The van der Waals surface area contributed by atoms with Crippen molar-refractivity contribution in [3.8, 4) is 0 Å². The minimum absolute atomic E-state index is 0.145. The summed E-state index contributed by atoms with van der Waals surface area (Å²) in [6.45, 7) is 10.7. The van der Waals surface area contributed by atoms with Crippen LogP contribution in [0.1, 0.15) is 58.9 Å². The SMILES string of the molecule is CC(C)(C)OC(=O)N1CC(c2ccccc2)CCC1(C)C. The maximum Gasteiger partial charge on any atom is 0.410 e.